The average molecular weight is 286 g/mol. The van der Waals surface area contributed by atoms with Crippen molar-refractivity contribution in [3.8, 4) is 0 Å². The number of benzene rings is 1. The molecule has 0 aliphatic heterocycles. The van der Waals surface area contributed by atoms with Crippen LogP contribution < -0.4 is 5.32 Å². The number of aryl methyl sites for hydroxylation is 1. The molecule has 114 valence electrons. The summed E-state index contributed by atoms with van der Waals surface area (Å²) in [5.74, 6) is 0. The Morgan fingerprint density at radius 2 is 2.05 bits per heavy atom. The molecule has 0 saturated carbocycles. The maximum atomic E-state index is 5.13. The second-order valence-corrected chi connectivity index (χ2v) is 5.62. The van der Waals surface area contributed by atoms with Gasteiger partial charge in [-0.15, -0.1) is 0 Å². The summed E-state index contributed by atoms with van der Waals surface area (Å²) in [6.45, 7) is 7.33. The van der Waals surface area contributed by atoms with Gasteiger partial charge in [0.25, 0.3) is 0 Å². The second-order valence-electron chi connectivity index (χ2n) is 5.62. The van der Waals surface area contributed by atoms with Crippen LogP contribution in [0.2, 0.25) is 0 Å². The summed E-state index contributed by atoms with van der Waals surface area (Å²) < 4.78 is 5.13. The molecule has 1 heterocycles. The van der Waals surface area contributed by atoms with E-state index in [0.29, 0.717) is 6.04 Å². The molecule has 0 aliphatic carbocycles. The molecule has 1 aromatic heterocycles. The lowest BCUT2D eigenvalue weighted by Gasteiger charge is -2.23. The highest BCUT2D eigenvalue weighted by molar-refractivity contribution is 5.28. The molecular formula is C18H26N2O. The standard InChI is InChI=1S/C18H26N2O/c1-4-19-18(17-8-6-5-7-15(17)2)9-11-20(3)13-16-10-12-21-14-16/h5-8,10,12,14,18-19H,4,9,11,13H2,1-3H3. The van der Waals surface area contributed by atoms with Gasteiger partial charge in [-0.2, -0.15) is 0 Å². The lowest BCUT2D eigenvalue weighted by molar-refractivity contribution is 0.300. The van der Waals surface area contributed by atoms with E-state index in [0.717, 1.165) is 26.1 Å². The van der Waals surface area contributed by atoms with Crippen molar-refractivity contribution in [1.29, 1.82) is 0 Å². The third-order valence-corrected chi connectivity index (χ3v) is 3.85. The zero-order valence-electron chi connectivity index (χ0n) is 13.3. The molecule has 2 rings (SSSR count). The van der Waals surface area contributed by atoms with Crippen molar-refractivity contribution in [2.45, 2.75) is 32.9 Å². The first kappa shape index (κ1) is 15.8. The van der Waals surface area contributed by atoms with Crippen molar-refractivity contribution in [2.75, 3.05) is 20.1 Å². The van der Waals surface area contributed by atoms with Crippen LogP contribution in [-0.2, 0) is 6.54 Å². The number of hydrogen-bond donors (Lipinski definition) is 1. The van der Waals surface area contributed by atoms with Crippen molar-refractivity contribution in [3.63, 3.8) is 0 Å². The molecule has 3 nitrogen and oxygen atoms in total. The largest absolute Gasteiger partial charge is 0.472 e. The minimum Gasteiger partial charge on any atom is -0.472 e. The number of nitrogens with zero attached hydrogens (tertiary/aromatic N) is 1. The quantitative estimate of drug-likeness (QED) is 0.801. The number of hydrogen-bond acceptors (Lipinski definition) is 3. The van der Waals surface area contributed by atoms with Crippen LogP contribution in [0.3, 0.4) is 0 Å². The first-order valence-electron chi connectivity index (χ1n) is 7.69. The normalized spacial score (nSPS) is 12.8. The van der Waals surface area contributed by atoms with E-state index in [9.17, 15) is 0 Å². The highest BCUT2D eigenvalue weighted by atomic mass is 16.3. The molecule has 1 atom stereocenters. The Bertz CT molecular complexity index is 522. The Labute approximate surface area is 128 Å². The molecule has 0 radical (unpaired) electrons. The molecule has 0 saturated heterocycles. The fourth-order valence-corrected chi connectivity index (χ4v) is 2.71. The Balaban J connectivity index is 1.92. The lowest BCUT2D eigenvalue weighted by atomic mass is 9.98. The molecule has 3 heteroatoms. The van der Waals surface area contributed by atoms with E-state index < -0.39 is 0 Å². The van der Waals surface area contributed by atoms with Gasteiger partial charge in [0.05, 0.1) is 12.5 Å². The molecule has 0 bridgehead atoms. The van der Waals surface area contributed by atoms with Gasteiger partial charge < -0.3 is 14.6 Å². The summed E-state index contributed by atoms with van der Waals surface area (Å²) in [7, 11) is 2.16. The van der Waals surface area contributed by atoms with Crippen molar-refractivity contribution in [3.05, 3.63) is 59.5 Å². The first-order valence-corrected chi connectivity index (χ1v) is 7.69. The lowest BCUT2D eigenvalue weighted by Crippen LogP contribution is -2.27. The van der Waals surface area contributed by atoms with Crippen LogP contribution in [0.25, 0.3) is 0 Å². The van der Waals surface area contributed by atoms with Crippen LogP contribution in [0.15, 0.2) is 47.3 Å². The van der Waals surface area contributed by atoms with Crippen LogP contribution in [0.1, 0.15) is 36.1 Å². The van der Waals surface area contributed by atoms with Gasteiger partial charge in [0.15, 0.2) is 0 Å². The van der Waals surface area contributed by atoms with E-state index in [4.69, 9.17) is 4.42 Å². The number of nitrogens with one attached hydrogen (secondary N) is 1. The van der Waals surface area contributed by atoms with Crippen LogP contribution in [0.5, 0.6) is 0 Å². The van der Waals surface area contributed by atoms with E-state index >= 15 is 0 Å². The van der Waals surface area contributed by atoms with Crippen molar-refractivity contribution < 1.29 is 4.42 Å². The average Bonchev–Trinajstić information content (AvgIpc) is 2.97. The van der Waals surface area contributed by atoms with Crippen molar-refractivity contribution in [1.82, 2.24) is 10.2 Å². The third-order valence-electron chi connectivity index (χ3n) is 3.85. The van der Waals surface area contributed by atoms with Gasteiger partial charge in [-0.05, 0) is 50.7 Å². The SMILES string of the molecule is CCNC(CCN(C)Cc1ccoc1)c1ccccc1C. The highest BCUT2D eigenvalue weighted by Crippen LogP contribution is 2.21. The van der Waals surface area contributed by atoms with Gasteiger partial charge in [0.2, 0.25) is 0 Å². The predicted octanol–water partition coefficient (Wildman–Crippen LogP) is 3.76. The maximum absolute atomic E-state index is 5.13. The number of furan rings is 1. The highest BCUT2D eigenvalue weighted by Gasteiger charge is 2.13. The maximum Gasteiger partial charge on any atom is 0.0947 e. The molecule has 0 fully saturated rings. The van der Waals surface area contributed by atoms with Gasteiger partial charge in [-0.1, -0.05) is 31.2 Å². The van der Waals surface area contributed by atoms with E-state index in [2.05, 4.69) is 55.4 Å². The molecular weight excluding hydrogens is 260 g/mol. The fourth-order valence-electron chi connectivity index (χ4n) is 2.71. The third kappa shape index (κ3) is 4.73. The first-order chi connectivity index (χ1) is 10.2. The van der Waals surface area contributed by atoms with E-state index in [1.165, 1.54) is 16.7 Å². The van der Waals surface area contributed by atoms with Gasteiger partial charge in [-0.3, -0.25) is 0 Å². The molecule has 1 aromatic carbocycles. The summed E-state index contributed by atoms with van der Waals surface area (Å²) >= 11 is 0. The zero-order valence-corrected chi connectivity index (χ0v) is 13.3. The van der Waals surface area contributed by atoms with Gasteiger partial charge in [0.1, 0.15) is 0 Å². The molecule has 0 amide bonds. The van der Waals surface area contributed by atoms with E-state index in [1.807, 2.05) is 12.3 Å². The topological polar surface area (TPSA) is 28.4 Å². The smallest absolute Gasteiger partial charge is 0.0947 e. The Morgan fingerprint density at radius 1 is 1.24 bits per heavy atom. The van der Waals surface area contributed by atoms with Crippen LogP contribution in [0, 0.1) is 6.92 Å². The van der Waals surface area contributed by atoms with Crippen molar-refractivity contribution >= 4 is 0 Å². The zero-order chi connectivity index (χ0) is 15.1. The molecule has 0 spiro atoms. The summed E-state index contributed by atoms with van der Waals surface area (Å²) in [4.78, 5) is 2.34. The monoisotopic (exact) mass is 286 g/mol. The molecule has 1 unspecified atom stereocenters. The molecule has 2 aromatic rings. The van der Waals surface area contributed by atoms with Gasteiger partial charge >= 0.3 is 0 Å². The van der Waals surface area contributed by atoms with Gasteiger partial charge in [-0.25, -0.2) is 0 Å². The minimum atomic E-state index is 0.419. The summed E-state index contributed by atoms with van der Waals surface area (Å²) in [5, 5.41) is 3.61. The molecule has 21 heavy (non-hydrogen) atoms. The second kappa shape index (κ2) is 8.01. The summed E-state index contributed by atoms with van der Waals surface area (Å²) in [5.41, 5.74) is 4.00. The van der Waals surface area contributed by atoms with Crippen molar-refractivity contribution in [2.24, 2.45) is 0 Å². The minimum absolute atomic E-state index is 0.419. The molecule has 0 aliphatic rings. The summed E-state index contributed by atoms with van der Waals surface area (Å²) in [6.07, 6.45) is 4.66. The van der Waals surface area contributed by atoms with Gasteiger partial charge in [0, 0.05) is 18.2 Å². The van der Waals surface area contributed by atoms with Crippen LogP contribution >= 0.6 is 0 Å². The fraction of sp³-hybridized carbons (Fsp3) is 0.444. The summed E-state index contributed by atoms with van der Waals surface area (Å²) in [6, 6.07) is 11.1. The van der Waals surface area contributed by atoms with Crippen LogP contribution in [-0.4, -0.2) is 25.0 Å². The van der Waals surface area contributed by atoms with E-state index in [1.54, 1.807) is 6.26 Å². The Hall–Kier alpha value is -1.58. The van der Waals surface area contributed by atoms with E-state index in [-0.39, 0.29) is 0 Å². The van der Waals surface area contributed by atoms with Crippen LogP contribution in [0.4, 0.5) is 0 Å². The Morgan fingerprint density at radius 3 is 2.71 bits per heavy atom. The molecule has 1 N–H and O–H groups in total. The number of rotatable bonds is 8. The predicted molar refractivity (Wildman–Crippen MR) is 87.3 cm³/mol. The Kier molecular flexibility index (Phi) is 6.03.